The Balaban J connectivity index is -0.00000000425. The van der Waals surface area contributed by atoms with Crippen LogP contribution >= 0.6 is 0 Å². The van der Waals surface area contributed by atoms with Gasteiger partial charge in [0.15, 0.2) is 0 Å². The van der Waals surface area contributed by atoms with Crippen LogP contribution in [0.5, 0.6) is 0 Å². The van der Waals surface area contributed by atoms with Crippen molar-refractivity contribution < 1.29 is 106 Å². The molecule has 19 heavy (non-hydrogen) atoms. The van der Waals surface area contributed by atoms with Crippen molar-refractivity contribution in [2.45, 2.75) is 0 Å². The molecule has 0 bridgehead atoms. The van der Waals surface area contributed by atoms with Crippen molar-refractivity contribution >= 4 is 0 Å². The summed E-state index contributed by atoms with van der Waals surface area (Å²) in [5.74, 6) is 0. The fourth-order valence-electron chi connectivity index (χ4n) is 0. The van der Waals surface area contributed by atoms with Gasteiger partial charge in [0.25, 0.3) is 0 Å². The van der Waals surface area contributed by atoms with Crippen molar-refractivity contribution in [3.63, 3.8) is 0 Å². The smallest absolute Gasteiger partial charge is 0.512 e. The molecule has 13 heteroatoms. The van der Waals surface area contributed by atoms with Crippen molar-refractivity contribution in [3.05, 3.63) is 49.5 Å². The van der Waals surface area contributed by atoms with Gasteiger partial charge in [0.2, 0.25) is 0 Å². The summed E-state index contributed by atoms with van der Waals surface area (Å²) >= 11 is 0. The summed E-state index contributed by atoms with van der Waals surface area (Å²) in [6.45, 7) is 28.5. The average molecular weight is 327 g/mol. The van der Waals surface area contributed by atoms with Gasteiger partial charge in [-0.3, -0.25) is 0 Å². The van der Waals surface area contributed by atoms with Crippen LogP contribution in [0, 0.1) is 81.1 Å². The van der Waals surface area contributed by atoms with Crippen molar-refractivity contribution in [2.75, 3.05) is 0 Å². The molecule has 0 aromatic carbocycles. The van der Waals surface area contributed by atoms with Crippen molar-refractivity contribution in [1.29, 1.82) is 31.6 Å². The van der Waals surface area contributed by atoms with E-state index in [4.69, 9.17) is 81.1 Å². The number of hydrogen-bond acceptors (Lipinski definition) is 9. The minimum Gasteiger partial charge on any atom is -0.512 e. The first-order valence-electron chi connectivity index (χ1n) is 1.71. The van der Waals surface area contributed by atoms with Crippen LogP contribution in [-0.4, -0.2) is 0 Å². The van der Waals surface area contributed by atoms with E-state index in [9.17, 15) is 0 Å². The van der Waals surface area contributed by atoms with Crippen LogP contribution in [0.4, 0.5) is 0 Å². The molecule has 0 atom stereocenters. The largest absolute Gasteiger partial charge is 3.00 e. The van der Waals surface area contributed by atoms with Gasteiger partial charge in [0.1, 0.15) is 0 Å². The molecule has 0 aromatic heterocycles. The van der Waals surface area contributed by atoms with Crippen molar-refractivity contribution in [3.8, 4) is 0 Å². The zero-order valence-corrected chi connectivity index (χ0v) is 17.4. The quantitative estimate of drug-likeness (QED) is 0.181. The number of nitrogens with zero attached hydrogens (tertiary/aromatic N) is 7. The van der Waals surface area contributed by atoms with E-state index in [0.717, 1.165) is 5.34 Å². The SMILES string of the molecule is O=N[O-].[C-]#N.[C-]#N.[C-]#N.[C-]#N.[C-]#N.[C-]#N.[Fe+3].[Na+].[Na+].[Na+]. The van der Waals surface area contributed by atoms with E-state index in [1.807, 2.05) is 0 Å². The molecule has 0 fully saturated rings. The van der Waals surface area contributed by atoms with E-state index < -0.39 is 0 Å². The van der Waals surface area contributed by atoms with Gasteiger partial charge in [0, 0.05) is 0 Å². The van der Waals surface area contributed by atoms with Crippen LogP contribution in [0.15, 0.2) is 5.34 Å². The molecule has 0 unspecified atom stereocenters. The monoisotopic (exact) mass is 327 g/mol. The second-order valence-corrected chi connectivity index (χ2v) is 0.0745. The normalized spacial score (nSPS) is 1.26. The summed E-state index contributed by atoms with van der Waals surface area (Å²) in [7, 11) is 0. The van der Waals surface area contributed by atoms with E-state index in [-0.39, 0.29) is 106 Å². The molecule has 9 nitrogen and oxygen atoms in total. The summed E-state index contributed by atoms with van der Waals surface area (Å²) in [5, 5.41) is 46.5. The van der Waals surface area contributed by atoms with Gasteiger partial charge in [0.05, 0.1) is 0 Å². The van der Waals surface area contributed by atoms with Gasteiger partial charge in [-0.25, -0.2) is 0 Å². The van der Waals surface area contributed by atoms with Gasteiger partial charge in [-0.05, 0) is 0 Å². The van der Waals surface area contributed by atoms with Crippen LogP contribution in [-0.2, 0) is 17.1 Å². The topological polar surface area (TPSA) is 195 Å². The molecule has 0 aliphatic carbocycles. The minimum absolute atomic E-state index is 0. The first-order valence-corrected chi connectivity index (χ1v) is 1.71. The predicted molar refractivity (Wildman–Crippen MR) is 39.0 cm³/mol. The maximum atomic E-state index is 8.00. The maximum absolute atomic E-state index is 8.00. The Hall–Kier alpha value is -0.141. The Kier molecular flexibility index (Phi) is 35200. The molecule has 0 amide bonds. The van der Waals surface area contributed by atoms with Gasteiger partial charge in [-0.15, -0.1) is 5.34 Å². The molecule has 83 valence electrons. The van der Waals surface area contributed by atoms with Crippen LogP contribution in [0.1, 0.15) is 0 Å². The molecule has 0 spiro atoms. The standard InChI is InChI=1S/6CN.Fe.HNO2.3Na/c6*1-2;;2-1-3;;;/h;;;;;;;(H,2,3);;;/q6*-1;+3;;3*+1/p-1. The molecular formula is C6FeN7Na3O2-. The Morgan fingerprint density at radius 3 is 0.579 bits per heavy atom. The third-order valence-electron chi connectivity index (χ3n) is 0. The average Bonchev–Trinajstić information content (AvgIpc) is 2.44. The summed E-state index contributed by atoms with van der Waals surface area (Å²) in [4.78, 5) is 8.00. The predicted octanol–water partition coefficient (Wildman–Crippen LogP) is -8.16. The van der Waals surface area contributed by atoms with Gasteiger partial charge < -0.3 is 81.1 Å². The zero-order valence-electron chi connectivity index (χ0n) is 10.3. The van der Waals surface area contributed by atoms with E-state index in [1.165, 1.54) is 0 Å². The van der Waals surface area contributed by atoms with Crippen LogP contribution in [0.3, 0.4) is 0 Å². The molecule has 0 N–H and O–H groups in total. The molecule has 0 aliphatic rings. The maximum Gasteiger partial charge on any atom is 3.00 e. The molecule has 1 radical (unpaired) electrons. The Labute approximate surface area is 189 Å². The van der Waals surface area contributed by atoms with Gasteiger partial charge >= 0.3 is 106 Å². The Morgan fingerprint density at radius 1 is 0.579 bits per heavy atom. The molecule has 0 heterocycles. The third-order valence-corrected chi connectivity index (χ3v) is 0. The van der Waals surface area contributed by atoms with Gasteiger partial charge in [-0.2, -0.15) is 0 Å². The van der Waals surface area contributed by atoms with Crippen LogP contribution in [0.2, 0.25) is 0 Å². The summed E-state index contributed by atoms with van der Waals surface area (Å²) in [6.07, 6.45) is 0. The number of hydrogen-bond donors (Lipinski definition) is 0. The third kappa shape index (κ3) is 227000. The van der Waals surface area contributed by atoms with Crippen molar-refractivity contribution in [2.24, 2.45) is 5.34 Å². The molecule has 0 rings (SSSR count). The Bertz CT molecular complexity index is 146. The summed E-state index contributed by atoms with van der Waals surface area (Å²) < 4.78 is 0. The first kappa shape index (κ1) is 97.4. The molecule has 0 aliphatic heterocycles. The molecule has 0 aromatic rings. The molecule has 0 saturated carbocycles. The molecule has 0 saturated heterocycles. The van der Waals surface area contributed by atoms with Crippen molar-refractivity contribution in [1.82, 2.24) is 0 Å². The Morgan fingerprint density at radius 2 is 0.579 bits per heavy atom. The first-order chi connectivity index (χ1) is 7.41. The van der Waals surface area contributed by atoms with E-state index in [2.05, 4.69) is 0 Å². The van der Waals surface area contributed by atoms with Crippen LogP contribution < -0.4 is 88.7 Å². The fraction of sp³-hybridized carbons (Fsp3) is 0. The fourth-order valence-corrected chi connectivity index (χ4v) is 0. The van der Waals surface area contributed by atoms with E-state index in [1.54, 1.807) is 0 Å². The summed E-state index contributed by atoms with van der Waals surface area (Å²) in [5.41, 5.74) is 0. The minimum atomic E-state index is 0. The van der Waals surface area contributed by atoms with E-state index >= 15 is 0 Å². The summed E-state index contributed by atoms with van der Waals surface area (Å²) in [6, 6.07) is 0. The molecular weight excluding hydrogens is 327 g/mol. The van der Waals surface area contributed by atoms with Crippen LogP contribution in [0.25, 0.3) is 0 Å². The van der Waals surface area contributed by atoms with Gasteiger partial charge in [-0.1, -0.05) is 0 Å². The van der Waals surface area contributed by atoms with E-state index in [0.29, 0.717) is 0 Å². The number of rotatable bonds is 0. The second-order valence-electron chi connectivity index (χ2n) is 0.0745. The zero-order chi connectivity index (χ0) is 14.7. The second kappa shape index (κ2) is 6870.